The Morgan fingerprint density at radius 1 is 1.18 bits per heavy atom. The largest absolute Gasteiger partial charge is 0.472 e. The number of methoxy groups -OCH3 is 1. The lowest BCUT2D eigenvalue weighted by Crippen LogP contribution is -2.31. The molecule has 1 aliphatic carbocycles. The highest BCUT2D eigenvalue weighted by Gasteiger charge is 2.29. The zero-order valence-corrected chi connectivity index (χ0v) is 20.0. The zero-order chi connectivity index (χ0) is 23.7. The normalized spacial score (nSPS) is 22.7. The first-order valence-corrected chi connectivity index (χ1v) is 12.1. The first-order valence-electron chi connectivity index (χ1n) is 12.1. The molecule has 1 saturated heterocycles. The van der Waals surface area contributed by atoms with Crippen LogP contribution in [0.25, 0.3) is 22.0 Å². The second-order valence-corrected chi connectivity index (χ2v) is 9.53. The summed E-state index contributed by atoms with van der Waals surface area (Å²) in [5, 5.41) is 9.12. The second kappa shape index (κ2) is 9.48. The Balaban J connectivity index is 1.42. The van der Waals surface area contributed by atoms with E-state index in [0.29, 0.717) is 31.0 Å². The van der Waals surface area contributed by atoms with Crippen LogP contribution in [0.2, 0.25) is 0 Å². The van der Waals surface area contributed by atoms with Crippen LogP contribution >= 0.6 is 0 Å². The molecule has 0 bridgehead atoms. The van der Waals surface area contributed by atoms with Gasteiger partial charge in [0.1, 0.15) is 6.10 Å². The summed E-state index contributed by atoms with van der Waals surface area (Å²) < 4.78 is 13.1. The van der Waals surface area contributed by atoms with Gasteiger partial charge in [0.15, 0.2) is 0 Å². The molecule has 0 radical (unpaired) electrons. The standard InChI is InChI=1S/C25H32N6O3/c1-16-4-8-19(9-5-16)27-24-26-13-21(17-6-7-18-14-30(2)29-22(18)12-17)23(28-24)34-20-10-11-31(15-20)25(32)33-3/h6-7,12-14,16,19-20H,4-5,8-11,15H2,1-3H3,(H,26,27,28)/t16-,19-,20?. The first-order chi connectivity index (χ1) is 16.5. The zero-order valence-electron chi connectivity index (χ0n) is 20.0. The van der Waals surface area contributed by atoms with Gasteiger partial charge in [0.2, 0.25) is 11.8 Å². The van der Waals surface area contributed by atoms with E-state index < -0.39 is 0 Å². The number of nitrogens with one attached hydrogen (secondary N) is 1. The van der Waals surface area contributed by atoms with Crippen molar-refractivity contribution in [1.82, 2.24) is 24.6 Å². The highest BCUT2D eigenvalue weighted by molar-refractivity contribution is 5.84. The van der Waals surface area contributed by atoms with Crippen LogP contribution in [0.1, 0.15) is 39.0 Å². The third kappa shape index (κ3) is 4.78. The van der Waals surface area contributed by atoms with Crippen LogP contribution in [-0.2, 0) is 11.8 Å². The maximum atomic E-state index is 11.9. The highest BCUT2D eigenvalue weighted by atomic mass is 16.5. The van der Waals surface area contributed by atoms with E-state index in [0.717, 1.165) is 47.2 Å². The molecule has 5 rings (SSSR count). The summed E-state index contributed by atoms with van der Waals surface area (Å²) in [6.07, 6.45) is 8.73. The molecule has 2 aliphatic rings. The number of hydrogen-bond acceptors (Lipinski definition) is 7. The van der Waals surface area contributed by atoms with Crippen molar-refractivity contribution in [3.8, 4) is 17.0 Å². The summed E-state index contributed by atoms with van der Waals surface area (Å²) in [6, 6.07) is 6.50. The van der Waals surface area contributed by atoms with Gasteiger partial charge < -0.3 is 19.7 Å². The van der Waals surface area contributed by atoms with Gasteiger partial charge in [-0.05, 0) is 43.2 Å². The van der Waals surface area contributed by atoms with Gasteiger partial charge in [-0.3, -0.25) is 4.68 Å². The van der Waals surface area contributed by atoms with Crippen LogP contribution in [0.15, 0.2) is 30.6 Å². The monoisotopic (exact) mass is 464 g/mol. The number of aromatic nitrogens is 4. The van der Waals surface area contributed by atoms with Crippen LogP contribution in [-0.4, -0.2) is 63.1 Å². The molecule has 2 fully saturated rings. The number of fused-ring (bicyclic) bond motifs is 1. The number of nitrogens with zero attached hydrogens (tertiary/aromatic N) is 5. The van der Waals surface area contributed by atoms with Crippen molar-refractivity contribution in [1.29, 1.82) is 0 Å². The molecule has 3 heterocycles. The number of anilines is 1. The molecule has 3 aromatic rings. The molecule has 1 aromatic carbocycles. The second-order valence-electron chi connectivity index (χ2n) is 9.53. The van der Waals surface area contributed by atoms with Gasteiger partial charge in [0.25, 0.3) is 0 Å². The number of carbonyl (C=O) groups is 1. The topological polar surface area (TPSA) is 94.4 Å². The van der Waals surface area contributed by atoms with E-state index in [1.807, 2.05) is 37.6 Å². The highest BCUT2D eigenvalue weighted by Crippen LogP contribution is 2.33. The Hall–Kier alpha value is -3.36. The van der Waals surface area contributed by atoms with Gasteiger partial charge in [0, 0.05) is 43.8 Å². The molecule has 9 heteroatoms. The summed E-state index contributed by atoms with van der Waals surface area (Å²) in [5.41, 5.74) is 2.66. The van der Waals surface area contributed by atoms with E-state index in [4.69, 9.17) is 14.5 Å². The number of carbonyl (C=O) groups excluding carboxylic acids is 1. The molecule has 1 amide bonds. The van der Waals surface area contributed by atoms with E-state index in [2.05, 4.69) is 22.3 Å². The lowest BCUT2D eigenvalue weighted by atomic mass is 9.87. The smallest absolute Gasteiger partial charge is 0.409 e. The van der Waals surface area contributed by atoms with Crippen molar-refractivity contribution < 1.29 is 14.3 Å². The number of benzene rings is 1. The number of rotatable bonds is 5. The minimum absolute atomic E-state index is 0.158. The van der Waals surface area contributed by atoms with Crippen LogP contribution in [0.5, 0.6) is 5.88 Å². The minimum Gasteiger partial charge on any atom is -0.472 e. The Labute approximate surface area is 199 Å². The maximum absolute atomic E-state index is 11.9. The van der Waals surface area contributed by atoms with E-state index in [1.54, 1.807) is 9.58 Å². The average Bonchev–Trinajstić information content (AvgIpc) is 3.45. The quantitative estimate of drug-likeness (QED) is 0.603. The predicted octanol–water partition coefficient (Wildman–Crippen LogP) is 4.24. The molecule has 9 nitrogen and oxygen atoms in total. The molecule has 1 saturated carbocycles. The minimum atomic E-state index is -0.330. The summed E-state index contributed by atoms with van der Waals surface area (Å²) in [7, 11) is 3.31. The third-order valence-corrected chi connectivity index (χ3v) is 6.89. The van der Waals surface area contributed by atoms with E-state index in [1.165, 1.54) is 20.0 Å². The Bertz CT molecular complexity index is 1170. The Morgan fingerprint density at radius 3 is 2.79 bits per heavy atom. The predicted molar refractivity (Wildman–Crippen MR) is 130 cm³/mol. The van der Waals surface area contributed by atoms with Crippen molar-refractivity contribution in [2.24, 2.45) is 13.0 Å². The van der Waals surface area contributed by atoms with Crippen molar-refractivity contribution in [3.63, 3.8) is 0 Å². The molecule has 180 valence electrons. The van der Waals surface area contributed by atoms with Crippen LogP contribution in [0.3, 0.4) is 0 Å². The number of ether oxygens (including phenoxy) is 2. The molecule has 34 heavy (non-hydrogen) atoms. The fraction of sp³-hybridized carbons (Fsp3) is 0.520. The molecule has 1 unspecified atom stereocenters. The van der Waals surface area contributed by atoms with Crippen molar-refractivity contribution in [2.45, 2.75) is 51.2 Å². The molecular weight excluding hydrogens is 432 g/mol. The first kappa shape index (κ1) is 22.4. The SMILES string of the molecule is COC(=O)N1CCC(Oc2nc(N[C@H]3CC[C@H](C)CC3)ncc2-c2ccc3cn(C)nc3c2)C1. The van der Waals surface area contributed by atoms with Gasteiger partial charge >= 0.3 is 6.09 Å². The molecular formula is C25H32N6O3. The van der Waals surface area contributed by atoms with Crippen molar-refractivity contribution in [2.75, 3.05) is 25.5 Å². The lowest BCUT2D eigenvalue weighted by Gasteiger charge is -2.27. The summed E-state index contributed by atoms with van der Waals surface area (Å²) in [5.74, 6) is 1.88. The number of amides is 1. The number of aryl methyl sites for hydroxylation is 1. The van der Waals surface area contributed by atoms with E-state index >= 15 is 0 Å². The van der Waals surface area contributed by atoms with Gasteiger partial charge in [-0.2, -0.15) is 10.1 Å². The number of likely N-dealkylation sites (tertiary alicyclic amines) is 1. The van der Waals surface area contributed by atoms with Gasteiger partial charge in [-0.15, -0.1) is 0 Å². The summed E-state index contributed by atoms with van der Waals surface area (Å²) in [6.45, 7) is 3.38. The van der Waals surface area contributed by atoms with Crippen molar-refractivity contribution >= 4 is 22.9 Å². The van der Waals surface area contributed by atoms with Gasteiger partial charge in [0.05, 0.1) is 24.7 Å². The molecule has 1 aliphatic heterocycles. The Kier molecular flexibility index (Phi) is 6.26. The fourth-order valence-corrected chi connectivity index (χ4v) is 4.89. The van der Waals surface area contributed by atoms with Gasteiger partial charge in [-0.1, -0.05) is 19.1 Å². The van der Waals surface area contributed by atoms with E-state index in [9.17, 15) is 4.79 Å². The van der Waals surface area contributed by atoms with Gasteiger partial charge in [-0.25, -0.2) is 9.78 Å². The maximum Gasteiger partial charge on any atom is 0.409 e. The average molecular weight is 465 g/mol. The van der Waals surface area contributed by atoms with E-state index in [-0.39, 0.29) is 12.2 Å². The lowest BCUT2D eigenvalue weighted by molar-refractivity contribution is 0.125. The van der Waals surface area contributed by atoms with Crippen LogP contribution < -0.4 is 10.1 Å². The summed E-state index contributed by atoms with van der Waals surface area (Å²) >= 11 is 0. The van der Waals surface area contributed by atoms with Crippen LogP contribution in [0, 0.1) is 5.92 Å². The number of hydrogen-bond donors (Lipinski definition) is 1. The van der Waals surface area contributed by atoms with Crippen molar-refractivity contribution in [3.05, 3.63) is 30.6 Å². The Morgan fingerprint density at radius 2 is 2.00 bits per heavy atom. The molecule has 1 N–H and O–H groups in total. The summed E-state index contributed by atoms with van der Waals surface area (Å²) in [4.78, 5) is 23.0. The third-order valence-electron chi connectivity index (χ3n) is 6.89. The molecule has 1 atom stereocenters. The molecule has 2 aromatic heterocycles. The van der Waals surface area contributed by atoms with Crippen LogP contribution in [0.4, 0.5) is 10.7 Å². The fourth-order valence-electron chi connectivity index (χ4n) is 4.89. The molecule has 0 spiro atoms.